The second kappa shape index (κ2) is 6.24. The number of aliphatic hydroxyl groups is 1. The molecule has 124 valence electrons. The number of para-hydroxylation sites is 1. The van der Waals surface area contributed by atoms with Gasteiger partial charge in [0.1, 0.15) is 0 Å². The van der Waals surface area contributed by atoms with Gasteiger partial charge in [0.2, 0.25) is 0 Å². The topological polar surface area (TPSA) is 65.5 Å². The van der Waals surface area contributed by atoms with Gasteiger partial charge >= 0.3 is 0 Å². The fourth-order valence-corrected chi connectivity index (χ4v) is 3.97. The Morgan fingerprint density at radius 2 is 1.83 bits per heavy atom. The molecule has 2 unspecified atom stereocenters. The number of rotatable bonds is 3. The average Bonchev–Trinajstić information content (AvgIpc) is 2.87. The van der Waals surface area contributed by atoms with Crippen LogP contribution in [0.15, 0.2) is 48.8 Å². The quantitative estimate of drug-likeness (QED) is 0.911. The van der Waals surface area contributed by atoms with Gasteiger partial charge in [-0.15, -0.1) is 0 Å². The summed E-state index contributed by atoms with van der Waals surface area (Å²) in [7, 11) is 0. The summed E-state index contributed by atoms with van der Waals surface area (Å²) in [6, 6.07) is 11.9. The number of carbonyl (C=O) groups is 1. The highest BCUT2D eigenvalue weighted by Gasteiger charge is 2.43. The first-order chi connectivity index (χ1) is 11.7. The van der Waals surface area contributed by atoms with Gasteiger partial charge in [0.25, 0.3) is 5.91 Å². The smallest absolute Gasteiger partial charge is 0.258 e. The van der Waals surface area contributed by atoms with Crippen molar-refractivity contribution >= 4 is 17.3 Å². The maximum atomic E-state index is 13.1. The van der Waals surface area contributed by atoms with Crippen molar-refractivity contribution in [1.82, 2.24) is 9.88 Å². The lowest BCUT2D eigenvalue weighted by atomic mass is 9.98. The van der Waals surface area contributed by atoms with E-state index in [2.05, 4.69) is 10.3 Å². The molecule has 2 aliphatic rings. The predicted octanol–water partition coefficient (Wildman–Crippen LogP) is 2.95. The Labute approximate surface area is 141 Å². The number of nitrogens with one attached hydrogen (secondary N) is 1. The number of anilines is 2. The number of nitrogens with zero attached hydrogens (tertiary/aromatic N) is 2. The second-order valence-corrected chi connectivity index (χ2v) is 6.63. The molecule has 2 saturated heterocycles. The highest BCUT2D eigenvalue weighted by atomic mass is 16.3. The predicted molar refractivity (Wildman–Crippen MR) is 92.2 cm³/mol. The van der Waals surface area contributed by atoms with E-state index in [4.69, 9.17) is 0 Å². The summed E-state index contributed by atoms with van der Waals surface area (Å²) >= 11 is 0. The van der Waals surface area contributed by atoms with Crippen LogP contribution in [-0.4, -0.2) is 39.1 Å². The lowest BCUT2D eigenvalue weighted by Gasteiger charge is -2.37. The number of carbonyl (C=O) groups excluding carboxylic acids is 1. The lowest BCUT2D eigenvalue weighted by molar-refractivity contribution is 0.0287. The Balaban J connectivity index is 1.61. The third kappa shape index (κ3) is 2.76. The first-order valence-corrected chi connectivity index (χ1v) is 8.49. The van der Waals surface area contributed by atoms with E-state index in [9.17, 15) is 9.90 Å². The summed E-state index contributed by atoms with van der Waals surface area (Å²) in [5, 5.41) is 13.3. The summed E-state index contributed by atoms with van der Waals surface area (Å²) in [4.78, 5) is 19.3. The van der Waals surface area contributed by atoms with E-state index in [1.807, 2.05) is 41.3 Å². The van der Waals surface area contributed by atoms with E-state index in [0.717, 1.165) is 24.2 Å². The van der Waals surface area contributed by atoms with Gasteiger partial charge in [0.05, 0.1) is 17.4 Å². The summed E-state index contributed by atoms with van der Waals surface area (Å²) in [6.45, 7) is 0. The third-order valence-corrected chi connectivity index (χ3v) is 5.05. The number of piperidine rings is 1. The van der Waals surface area contributed by atoms with Crippen molar-refractivity contribution in [2.75, 3.05) is 5.32 Å². The zero-order valence-electron chi connectivity index (χ0n) is 13.4. The van der Waals surface area contributed by atoms with E-state index in [1.165, 1.54) is 0 Å². The number of fused-ring (bicyclic) bond motifs is 2. The fourth-order valence-electron chi connectivity index (χ4n) is 3.97. The second-order valence-electron chi connectivity index (χ2n) is 6.63. The molecule has 2 fully saturated rings. The Hall–Kier alpha value is -2.40. The monoisotopic (exact) mass is 323 g/mol. The summed E-state index contributed by atoms with van der Waals surface area (Å²) in [5.74, 6) is 0.0148. The molecule has 5 heteroatoms. The van der Waals surface area contributed by atoms with Gasteiger partial charge in [-0.2, -0.15) is 0 Å². The van der Waals surface area contributed by atoms with Crippen molar-refractivity contribution in [3.05, 3.63) is 54.4 Å². The van der Waals surface area contributed by atoms with E-state index >= 15 is 0 Å². The fraction of sp³-hybridized carbons (Fsp3) is 0.368. The molecule has 2 atom stereocenters. The van der Waals surface area contributed by atoms with Crippen LogP contribution in [0.2, 0.25) is 0 Å². The van der Waals surface area contributed by atoms with Gasteiger partial charge in [0, 0.05) is 30.2 Å². The van der Waals surface area contributed by atoms with Crippen molar-refractivity contribution in [2.45, 2.75) is 43.9 Å². The summed E-state index contributed by atoms with van der Waals surface area (Å²) < 4.78 is 0. The van der Waals surface area contributed by atoms with Crippen LogP contribution in [0.4, 0.5) is 11.4 Å². The van der Waals surface area contributed by atoms with Crippen LogP contribution in [0.1, 0.15) is 36.0 Å². The van der Waals surface area contributed by atoms with Crippen LogP contribution >= 0.6 is 0 Å². The zero-order valence-corrected chi connectivity index (χ0v) is 13.4. The number of benzene rings is 1. The molecule has 2 bridgehead atoms. The molecule has 1 aromatic heterocycles. The van der Waals surface area contributed by atoms with Gasteiger partial charge in [-0.05, 0) is 43.9 Å². The number of amides is 1. The number of pyridine rings is 1. The number of aliphatic hydroxyl groups excluding tert-OH is 1. The highest BCUT2D eigenvalue weighted by Crippen LogP contribution is 2.37. The SMILES string of the molecule is O=C(c1cnccc1Nc1ccccc1)N1C2CCC1CC(O)C2. The molecule has 0 spiro atoms. The zero-order chi connectivity index (χ0) is 16.5. The maximum absolute atomic E-state index is 13.1. The molecule has 0 aliphatic carbocycles. The van der Waals surface area contributed by atoms with Crippen LogP contribution in [0.25, 0.3) is 0 Å². The first kappa shape index (κ1) is 15.1. The number of hydrogen-bond donors (Lipinski definition) is 2. The molecule has 2 aliphatic heterocycles. The standard InChI is InChI=1S/C19H21N3O2/c23-16-10-14-6-7-15(11-16)22(14)19(24)17-12-20-9-8-18(17)21-13-4-2-1-3-5-13/h1-5,8-9,12,14-16,23H,6-7,10-11H2,(H,20,21). The highest BCUT2D eigenvalue weighted by molar-refractivity contribution is 6.00. The summed E-state index contributed by atoms with van der Waals surface area (Å²) in [6.07, 6.45) is 6.38. The van der Waals surface area contributed by atoms with Crippen molar-refractivity contribution in [3.8, 4) is 0 Å². The Morgan fingerprint density at radius 3 is 2.54 bits per heavy atom. The number of hydrogen-bond acceptors (Lipinski definition) is 4. The van der Waals surface area contributed by atoms with E-state index in [1.54, 1.807) is 12.4 Å². The molecule has 24 heavy (non-hydrogen) atoms. The van der Waals surface area contributed by atoms with Crippen molar-refractivity contribution in [3.63, 3.8) is 0 Å². The largest absolute Gasteiger partial charge is 0.393 e. The normalized spacial score (nSPS) is 25.5. The van der Waals surface area contributed by atoms with E-state index < -0.39 is 0 Å². The van der Waals surface area contributed by atoms with E-state index in [-0.39, 0.29) is 24.1 Å². The molecule has 0 radical (unpaired) electrons. The van der Waals surface area contributed by atoms with Gasteiger partial charge < -0.3 is 15.3 Å². The minimum Gasteiger partial charge on any atom is -0.393 e. The van der Waals surface area contributed by atoms with Crippen LogP contribution in [0, 0.1) is 0 Å². The molecule has 2 N–H and O–H groups in total. The number of aromatic nitrogens is 1. The van der Waals surface area contributed by atoms with Crippen molar-refractivity contribution in [2.24, 2.45) is 0 Å². The third-order valence-electron chi connectivity index (χ3n) is 5.05. The van der Waals surface area contributed by atoms with Gasteiger partial charge in [-0.3, -0.25) is 9.78 Å². The van der Waals surface area contributed by atoms with Crippen molar-refractivity contribution < 1.29 is 9.90 Å². The minimum atomic E-state index is -0.276. The Kier molecular flexibility index (Phi) is 3.94. The van der Waals surface area contributed by atoms with Crippen molar-refractivity contribution in [1.29, 1.82) is 0 Å². The molecule has 4 rings (SSSR count). The van der Waals surface area contributed by atoms with Crippen LogP contribution in [-0.2, 0) is 0 Å². The van der Waals surface area contributed by atoms with Gasteiger partial charge in [-0.25, -0.2) is 0 Å². The lowest BCUT2D eigenvalue weighted by Crippen LogP contribution is -2.48. The molecule has 3 heterocycles. The van der Waals surface area contributed by atoms with Gasteiger partial charge in [-0.1, -0.05) is 18.2 Å². The minimum absolute atomic E-state index is 0.0148. The molecule has 5 nitrogen and oxygen atoms in total. The molecular weight excluding hydrogens is 302 g/mol. The van der Waals surface area contributed by atoms with Gasteiger partial charge in [0.15, 0.2) is 0 Å². The Morgan fingerprint density at radius 1 is 1.12 bits per heavy atom. The summed E-state index contributed by atoms with van der Waals surface area (Å²) in [5.41, 5.74) is 2.30. The average molecular weight is 323 g/mol. The molecule has 0 saturated carbocycles. The molecular formula is C19H21N3O2. The maximum Gasteiger partial charge on any atom is 0.258 e. The molecule has 1 aromatic carbocycles. The Bertz CT molecular complexity index is 720. The van der Waals surface area contributed by atoms with E-state index in [0.29, 0.717) is 18.4 Å². The first-order valence-electron chi connectivity index (χ1n) is 8.49. The van der Waals surface area contributed by atoms with Crippen LogP contribution in [0.3, 0.4) is 0 Å². The molecule has 2 aromatic rings. The van der Waals surface area contributed by atoms with Crippen LogP contribution < -0.4 is 5.32 Å². The molecule has 1 amide bonds. The van der Waals surface area contributed by atoms with Crippen LogP contribution in [0.5, 0.6) is 0 Å².